The van der Waals surface area contributed by atoms with Crippen LogP contribution in [-0.4, -0.2) is 61.5 Å². The van der Waals surface area contributed by atoms with E-state index in [1.807, 2.05) is 38.1 Å². The third-order valence-electron chi connectivity index (χ3n) is 6.46. The average molecular weight is 504 g/mol. The van der Waals surface area contributed by atoms with Gasteiger partial charge in [-0.2, -0.15) is 0 Å². The van der Waals surface area contributed by atoms with Gasteiger partial charge in [0.15, 0.2) is 0 Å². The van der Waals surface area contributed by atoms with Gasteiger partial charge in [0.2, 0.25) is 11.8 Å². The number of ether oxygens (including phenoxy) is 2. The van der Waals surface area contributed by atoms with Crippen LogP contribution in [0, 0.1) is 11.3 Å². The Morgan fingerprint density at radius 2 is 2.11 bits per heavy atom. The molecule has 4 atom stereocenters. The zero-order valence-corrected chi connectivity index (χ0v) is 22.4. The molecule has 0 aliphatic carbocycles. The highest BCUT2D eigenvalue weighted by molar-refractivity contribution is 5.95. The molecule has 8 nitrogen and oxygen atoms in total. The fraction of sp³-hybridized carbons (Fsp3) is 0.643. The van der Waals surface area contributed by atoms with Crippen molar-refractivity contribution in [2.24, 2.45) is 17.1 Å². The number of carbonyl (C=O) groups excluding carboxylic acids is 2. The maximum atomic E-state index is 13.5. The van der Waals surface area contributed by atoms with E-state index in [4.69, 9.17) is 15.2 Å². The smallest absolute Gasteiger partial charge is 0.227 e. The Morgan fingerprint density at radius 1 is 1.39 bits per heavy atom. The van der Waals surface area contributed by atoms with E-state index in [0.717, 1.165) is 18.5 Å². The van der Waals surface area contributed by atoms with Crippen LogP contribution in [0.1, 0.15) is 59.8 Å². The van der Waals surface area contributed by atoms with Gasteiger partial charge in [-0.3, -0.25) is 9.59 Å². The number of hydrogen-bond acceptors (Lipinski definition) is 6. The number of rotatable bonds is 15. The minimum atomic E-state index is -0.832. The number of fused-ring (bicyclic) bond motifs is 1. The molecule has 2 rings (SSSR count). The van der Waals surface area contributed by atoms with Crippen LogP contribution in [0.15, 0.2) is 36.9 Å². The highest BCUT2D eigenvalue weighted by Gasteiger charge is 2.34. The van der Waals surface area contributed by atoms with Crippen LogP contribution in [0.3, 0.4) is 0 Å². The summed E-state index contributed by atoms with van der Waals surface area (Å²) >= 11 is 0. The first-order valence-electron chi connectivity index (χ1n) is 13.0. The average Bonchev–Trinajstić information content (AvgIpc) is 2.83. The molecule has 0 saturated carbocycles. The minimum Gasteiger partial charge on any atom is -0.484 e. The molecule has 1 aliphatic heterocycles. The molecular formula is C28H45N3O5. The summed E-state index contributed by atoms with van der Waals surface area (Å²) in [6, 6.07) is 6.95. The Bertz CT molecular complexity index is 859. The van der Waals surface area contributed by atoms with E-state index in [1.54, 1.807) is 17.9 Å². The van der Waals surface area contributed by atoms with Crippen molar-refractivity contribution in [3.63, 3.8) is 0 Å². The monoisotopic (exact) mass is 503 g/mol. The molecule has 1 aromatic rings. The Balaban J connectivity index is 1.96. The van der Waals surface area contributed by atoms with Crippen molar-refractivity contribution < 1.29 is 24.2 Å². The van der Waals surface area contributed by atoms with Gasteiger partial charge in [-0.1, -0.05) is 52.3 Å². The third-order valence-corrected chi connectivity index (χ3v) is 6.46. The van der Waals surface area contributed by atoms with Gasteiger partial charge in [0, 0.05) is 24.9 Å². The lowest BCUT2D eigenvalue weighted by atomic mass is 9.80. The predicted molar refractivity (Wildman–Crippen MR) is 143 cm³/mol. The van der Waals surface area contributed by atoms with Crippen molar-refractivity contribution in [1.82, 2.24) is 5.32 Å². The van der Waals surface area contributed by atoms with Crippen LogP contribution in [-0.2, 0) is 14.3 Å². The maximum Gasteiger partial charge on any atom is 0.227 e. The molecule has 0 spiro atoms. The summed E-state index contributed by atoms with van der Waals surface area (Å²) in [5, 5.41) is 13.6. The summed E-state index contributed by atoms with van der Waals surface area (Å²) in [6.45, 7) is 13.3. The second-order valence-electron chi connectivity index (χ2n) is 10.6. The molecular weight excluding hydrogens is 458 g/mol. The van der Waals surface area contributed by atoms with Crippen molar-refractivity contribution in [2.75, 3.05) is 31.2 Å². The van der Waals surface area contributed by atoms with Crippen LogP contribution >= 0.6 is 0 Å². The van der Waals surface area contributed by atoms with Crippen LogP contribution in [0.2, 0.25) is 0 Å². The van der Waals surface area contributed by atoms with Crippen LogP contribution in [0.4, 0.5) is 5.69 Å². The van der Waals surface area contributed by atoms with Gasteiger partial charge < -0.3 is 30.5 Å². The van der Waals surface area contributed by atoms with Gasteiger partial charge in [-0.05, 0) is 36.8 Å². The predicted octanol–water partition coefficient (Wildman–Crippen LogP) is 3.42. The maximum absolute atomic E-state index is 13.5. The lowest BCUT2D eigenvalue weighted by Gasteiger charge is -2.37. The quantitative estimate of drug-likeness (QED) is 0.250. The van der Waals surface area contributed by atoms with Gasteiger partial charge in [0.1, 0.15) is 11.9 Å². The largest absolute Gasteiger partial charge is 0.484 e. The lowest BCUT2D eigenvalue weighted by Crippen LogP contribution is -2.47. The summed E-state index contributed by atoms with van der Waals surface area (Å²) in [4.78, 5) is 27.5. The molecule has 8 heteroatoms. The number of para-hydroxylation sites is 2. The van der Waals surface area contributed by atoms with Crippen molar-refractivity contribution >= 4 is 17.5 Å². The van der Waals surface area contributed by atoms with Crippen LogP contribution in [0.25, 0.3) is 0 Å². The highest BCUT2D eigenvalue weighted by Crippen LogP contribution is 2.36. The fourth-order valence-corrected chi connectivity index (χ4v) is 4.46. The molecule has 1 aromatic carbocycles. The summed E-state index contributed by atoms with van der Waals surface area (Å²) in [7, 11) is 0. The molecule has 0 saturated heterocycles. The van der Waals surface area contributed by atoms with Gasteiger partial charge in [-0.25, -0.2) is 0 Å². The van der Waals surface area contributed by atoms with E-state index in [-0.39, 0.29) is 36.7 Å². The molecule has 202 valence electrons. The van der Waals surface area contributed by atoms with Crippen molar-refractivity contribution in [3.8, 4) is 5.75 Å². The Morgan fingerprint density at radius 3 is 2.81 bits per heavy atom. The summed E-state index contributed by atoms with van der Waals surface area (Å²) in [5.41, 5.74) is 6.63. The SMILES string of the molecule is C=CCOC[C@H]1CN(C(=O)CC(C)(C)C[C@H](N)[C@@H](O)C[C@@H](C)C(=O)NCCCC)c2ccccc2O1. The van der Waals surface area contributed by atoms with Gasteiger partial charge in [-0.15, -0.1) is 6.58 Å². The number of nitrogens with two attached hydrogens (primary N) is 1. The van der Waals surface area contributed by atoms with Gasteiger partial charge >= 0.3 is 0 Å². The number of anilines is 1. The van der Waals surface area contributed by atoms with Crippen molar-refractivity contribution in [3.05, 3.63) is 36.9 Å². The minimum absolute atomic E-state index is 0.0326. The second kappa shape index (κ2) is 14.4. The Kier molecular flexibility index (Phi) is 11.9. The molecule has 0 aromatic heterocycles. The molecule has 0 fully saturated rings. The van der Waals surface area contributed by atoms with Gasteiger partial charge in [0.25, 0.3) is 0 Å². The molecule has 0 radical (unpaired) electrons. The third kappa shape index (κ3) is 9.22. The standard InChI is InChI=1S/C28H45N3O5/c1-6-8-13-30-27(34)20(3)15-24(32)22(29)16-28(4,5)17-26(33)31-18-21(19-35-14-7-2)36-25-12-10-9-11-23(25)31/h7,9-12,20-22,24,32H,2,6,8,13-19,29H2,1,3-5H3,(H,30,34)/t20-,21-,22+,24+/m1/s1. The van der Waals surface area contributed by atoms with E-state index >= 15 is 0 Å². The van der Waals surface area contributed by atoms with Gasteiger partial charge in [0.05, 0.1) is 31.5 Å². The molecule has 2 amide bonds. The Labute approximate surface area is 216 Å². The molecule has 1 heterocycles. The summed E-state index contributed by atoms with van der Waals surface area (Å²) < 4.78 is 11.6. The number of aliphatic hydroxyl groups is 1. The van der Waals surface area contributed by atoms with E-state index in [1.165, 1.54) is 0 Å². The van der Waals surface area contributed by atoms with Crippen LogP contribution < -0.4 is 20.7 Å². The van der Waals surface area contributed by atoms with E-state index < -0.39 is 17.6 Å². The van der Waals surface area contributed by atoms with Crippen LogP contribution in [0.5, 0.6) is 5.75 Å². The zero-order chi connectivity index (χ0) is 26.7. The van der Waals surface area contributed by atoms with E-state index in [0.29, 0.717) is 38.5 Å². The normalized spacial score (nSPS) is 17.9. The molecule has 1 aliphatic rings. The molecule has 4 N–H and O–H groups in total. The van der Waals surface area contributed by atoms with E-state index in [9.17, 15) is 14.7 Å². The zero-order valence-electron chi connectivity index (χ0n) is 22.4. The number of hydrogen-bond donors (Lipinski definition) is 3. The Hall–Kier alpha value is -2.42. The first kappa shape index (κ1) is 29.8. The number of nitrogens with one attached hydrogen (secondary N) is 1. The van der Waals surface area contributed by atoms with E-state index in [2.05, 4.69) is 18.8 Å². The molecule has 0 bridgehead atoms. The number of nitrogens with zero attached hydrogens (tertiary/aromatic N) is 1. The first-order valence-corrected chi connectivity index (χ1v) is 13.0. The van der Waals surface area contributed by atoms with Crippen molar-refractivity contribution in [2.45, 2.75) is 78.0 Å². The number of amides is 2. The first-order chi connectivity index (χ1) is 17.1. The summed E-state index contributed by atoms with van der Waals surface area (Å²) in [5.74, 6) is 0.217. The highest BCUT2D eigenvalue weighted by atomic mass is 16.5. The summed E-state index contributed by atoms with van der Waals surface area (Å²) in [6.07, 6.45) is 3.50. The van der Waals surface area contributed by atoms with Crippen molar-refractivity contribution in [1.29, 1.82) is 0 Å². The number of benzene rings is 1. The topological polar surface area (TPSA) is 114 Å². The lowest BCUT2D eigenvalue weighted by molar-refractivity contribution is -0.125. The molecule has 0 unspecified atom stereocenters. The fourth-order valence-electron chi connectivity index (χ4n) is 4.46. The molecule has 36 heavy (non-hydrogen) atoms. The number of aliphatic hydroxyl groups excluding tert-OH is 1. The number of carbonyl (C=O) groups is 2. The second-order valence-corrected chi connectivity index (χ2v) is 10.6. The number of unbranched alkanes of at least 4 members (excludes halogenated alkanes) is 1.